The Balaban J connectivity index is 2.11. The van der Waals surface area contributed by atoms with E-state index in [1.54, 1.807) is 12.3 Å². The molecular weight excluding hydrogens is 241 g/mol. The number of rotatable bonds is 2. The summed E-state index contributed by atoms with van der Waals surface area (Å²) in [5.74, 6) is 0.638. The number of aromatic nitrogens is 1. The van der Waals surface area contributed by atoms with Crippen molar-refractivity contribution >= 4 is 11.5 Å². The third-order valence-electron chi connectivity index (χ3n) is 3.67. The molecule has 4 heteroatoms. The van der Waals surface area contributed by atoms with E-state index in [0.29, 0.717) is 6.54 Å². The maximum Gasteiger partial charge on any atom is 0.137 e. The number of nitrogens with zero attached hydrogens (tertiary/aromatic N) is 2. The minimum atomic E-state index is -0.215. The quantitative estimate of drug-likeness (QED) is 0.899. The summed E-state index contributed by atoms with van der Waals surface area (Å²) in [6.45, 7) is 3.29. The Morgan fingerprint density at radius 2 is 2.21 bits per heavy atom. The molecule has 0 radical (unpaired) electrons. The molecule has 0 bridgehead atoms. The van der Waals surface area contributed by atoms with Gasteiger partial charge in [0.25, 0.3) is 0 Å². The summed E-state index contributed by atoms with van der Waals surface area (Å²) >= 11 is 0. The van der Waals surface area contributed by atoms with Gasteiger partial charge in [0.05, 0.1) is 0 Å². The van der Waals surface area contributed by atoms with Gasteiger partial charge in [-0.3, -0.25) is 0 Å². The van der Waals surface area contributed by atoms with Crippen LogP contribution in [-0.4, -0.2) is 11.5 Å². The Labute approximate surface area is 111 Å². The number of fused-ring (bicyclic) bond motifs is 1. The zero-order valence-corrected chi connectivity index (χ0v) is 10.9. The van der Waals surface area contributed by atoms with Crippen molar-refractivity contribution in [1.82, 2.24) is 4.98 Å². The molecule has 1 aromatic heterocycles. The lowest BCUT2D eigenvalue weighted by Crippen LogP contribution is -2.18. The Bertz CT molecular complexity index is 625. The summed E-state index contributed by atoms with van der Waals surface area (Å²) in [6, 6.07) is 6.89. The smallest absolute Gasteiger partial charge is 0.137 e. The highest BCUT2D eigenvalue weighted by atomic mass is 19.1. The largest absolute Gasteiger partial charge is 0.326 e. The van der Waals surface area contributed by atoms with Crippen LogP contribution in [-0.2, 0) is 13.0 Å². The lowest BCUT2D eigenvalue weighted by Gasteiger charge is -2.22. The van der Waals surface area contributed by atoms with Crippen molar-refractivity contribution in [3.8, 4) is 0 Å². The highest BCUT2D eigenvalue weighted by Gasteiger charge is 2.24. The normalized spacial score (nSPS) is 13.7. The molecule has 2 N–H and O–H groups in total. The van der Waals surface area contributed by atoms with Crippen molar-refractivity contribution in [3.05, 3.63) is 53.0 Å². The predicted molar refractivity (Wildman–Crippen MR) is 74.0 cm³/mol. The molecule has 0 aliphatic carbocycles. The van der Waals surface area contributed by atoms with Gasteiger partial charge < -0.3 is 10.6 Å². The minimum absolute atomic E-state index is 0.215. The molecule has 0 unspecified atom stereocenters. The number of halogens is 1. The summed E-state index contributed by atoms with van der Waals surface area (Å²) in [5, 5.41) is 0. The van der Waals surface area contributed by atoms with Crippen LogP contribution in [0.3, 0.4) is 0 Å². The second-order valence-electron chi connectivity index (χ2n) is 4.81. The molecule has 1 aromatic carbocycles. The molecule has 1 aliphatic heterocycles. The molecule has 0 saturated carbocycles. The van der Waals surface area contributed by atoms with Gasteiger partial charge in [-0.2, -0.15) is 0 Å². The molecule has 0 spiro atoms. The Kier molecular flexibility index (Phi) is 2.95. The van der Waals surface area contributed by atoms with E-state index in [2.05, 4.69) is 9.88 Å². The number of anilines is 2. The Morgan fingerprint density at radius 1 is 1.37 bits per heavy atom. The molecule has 3 nitrogen and oxygen atoms in total. The monoisotopic (exact) mass is 257 g/mol. The molecular formula is C15H16FN3. The highest BCUT2D eigenvalue weighted by molar-refractivity contribution is 5.70. The summed E-state index contributed by atoms with van der Waals surface area (Å²) in [5.41, 5.74) is 10.0. The van der Waals surface area contributed by atoms with Gasteiger partial charge in [-0.1, -0.05) is 6.07 Å². The number of hydrogen-bond donors (Lipinski definition) is 1. The van der Waals surface area contributed by atoms with E-state index in [-0.39, 0.29) is 5.82 Å². The third kappa shape index (κ3) is 1.98. The topological polar surface area (TPSA) is 42.2 Å². The van der Waals surface area contributed by atoms with Crippen LogP contribution < -0.4 is 10.6 Å². The first-order valence-electron chi connectivity index (χ1n) is 6.41. The first-order valence-corrected chi connectivity index (χ1v) is 6.41. The first-order chi connectivity index (χ1) is 9.20. The van der Waals surface area contributed by atoms with Crippen LogP contribution in [0.4, 0.5) is 15.9 Å². The van der Waals surface area contributed by atoms with E-state index in [0.717, 1.165) is 41.2 Å². The van der Waals surface area contributed by atoms with Gasteiger partial charge in [-0.05, 0) is 42.7 Å². The second-order valence-corrected chi connectivity index (χ2v) is 4.81. The maximum absolute atomic E-state index is 13.4. The average Bonchev–Trinajstić information content (AvgIpc) is 2.81. The van der Waals surface area contributed by atoms with Gasteiger partial charge >= 0.3 is 0 Å². The van der Waals surface area contributed by atoms with Crippen molar-refractivity contribution in [2.75, 3.05) is 11.4 Å². The van der Waals surface area contributed by atoms with E-state index in [4.69, 9.17) is 5.73 Å². The summed E-state index contributed by atoms with van der Waals surface area (Å²) in [6.07, 6.45) is 2.69. The van der Waals surface area contributed by atoms with Gasteiger partial charge in [0, 0.05) is 30.5 Å². The molecule has 0 amide bonds. The third-order valence-corrected chi connectivity index (χ3v) is 3.67. The van der Waals surface area contributed by atoms with Crippen molar-refractivity contribution in [3.63, 3.8) is 0 Å². The van der Waals surface area contributed by atoms with Gasteiger partial charge in [0.15, 0.2) is 0 Å². The van der Waals surface area contributed by atoms with Gasteiger partial charge in [0.2, 0.25) is 0 Å². The van der Waals surface area contributed by atoms with E-state index in [1.807, 2.05) is 19.1 Å². The van der Waals surface area contributed by atoms with Crippen molar-refractivity contribution < 1.29 is 4.39 Å². The van der Waals surface area contributed by atoms with Gasteiger partial charge in [0.1, 0.15) is 11.6 Å². The summed E-state index contributed by atoms with van der Waals surface area (Å²) < 4.78 is 13.4. The van der Waals surface area contributed by atoms with Crippen LogP contribution in [0.15, 0.2) is 30.5 Å². The lowest BCUT2D eigenvalue weighted by atomic mass is 10.1. The van der Waals surface area contributed by atoms with Crippen molar-refractivity contribution in [2.24, 2.45) is 5.73 Å². The molecule has 1 aliphatic rings. The molecule has 0 saturated heterocycles. The molecule has 98 valence electrons. The van der Waals surface area contributed by atoms with Crippen LogP contribution in [0.1, 0.15) is 16.7 Å². The van der Waals surface area contributed by atoms with E-state index < -0.39 is 0 Å². The number of benzene rings is 1. The number of pyridine rings is 1. The summed E-state index contributed by atoms with van der Waals surface area (Å²) in [4.78, 5) is 6.51. The standard InChI is InChI=1S/C15H16FN3/c1-10-4-6-18-15(13(10)9-17)19-7-5-11-2-3-12(16)8-14(11)19/h2-4,6,8H,5,7,9,17H2,1H3. The molecule has 3 rings (SSSR count). The SMILES string of the molecule is Cc1ccnc(N2CCc3ccc(F)cc32)c1CN. The first kappa shape index (κ1) is 12.1. The fraction of sp³-hybridized carbons (Fsp3) is 0.267. The molecule has 19 heavy (non-hydrogen) atoms. The molecule has 0 fully saturated rings. The van der Waals surface area contributed by atoms with Crippen LogP contribution in [0.5, 0.6) is 0 Å². The Morgan fingerprint density at radius 3 is 3.00 bits per heavy atom. The van der Waals surface area contributed by atoms with Crippen LogP contribution in [0.25, 0.3) is 0 Å². The highest BCUT2D eigenvalue weighted by Crippen LogP contribution is 2.36. The fourth-order valence-electron chi connectivity index (χ4n) is 2.63. The van der Waals surface area contributed by atoms with E-state index >= 15 is 0 Å². The zero-order chi connectivity index (χ0) is 13.4. The minimum Gasteiger partial charge on any atom is -0.326 e. The molecule has 0 atom stereocenters. The molecule has 2 aromatic rings. The van der Waals surface area contributed by atoms with E-state index in [1.165, 1.54) is 6.07 Å². The zero-order valence-electron chi connectivity index (χ0n) is 10.9. The number of aryl methyl sites for hydroxylation is 1. The van der Waals surface area contributed by atoms with E-state index in [9.17, 15) is 4.39 Å². The number of nitrogens with two attached hydrogens (primary N) is 1. The van der Waals surface area contributed by atoms with Crippen LogP contribution in [0.2, 0.25) is 0 Å². The van der Waals surface area contributed by atoms with Gasteiger partial charge in [-0.25, -0.2) is 9.37 Å². The maximum atomic E-state index is 13.4. The number of hydrogen-bond acceptors (Lipinski definition) is 3. The average molecular weight is 257 g/mol. The second kappa shape index (κ2) is 4.63. The van der Waals surface area contributed by atoms with Gasteiger partial charge in [-0.15, -0.1) is 0 Å². The molecule has 2 heterocycles. The van der Waals surface area contributed by atoms with Crippen LogP contribution in [0, 0.1) is 12.7 Å². The predicted octanol–water partition coefficient (Wildman–Crippen LogP) is 2.68. The fourth-order valence-corrected chi connectivity index (χ4v) is 2.63. The Hall–Kier alpha value is -1.94. The van der Waals surface area contributed by atoms with Crippen molar-refractivity contribution in [2.45, 2.75) is 19.9 Å². The summed E-state index contributed by atoms with van der Waals surface area (Å²) in [7, 11) is 0. The van der Waals surface area contributed by atoms with Crippen molar-refractivity contribution in [1.29, 1.82) is 0 Å². The van der Waals surface area contributed by atoms with Crippen LogP contribution >= 0.6 is 0 Å². The lowest BCUT2D eigenvalue weighted by molar-refractivity contribution is 0.628.